The van der Waals surface area contributed by atoms with Gasteiger partial charge in [-0.05, 0) is 68.5 Å². The Hall–Kier alpha value is -2.93. The highest BCUT2D eigenvalue weighted by Crippen LogP contribution is 2.26. The number of carbonyl (C=O) groups is 1. The average molecular weight is 410 g/mol. The van der Waals surface area contributed by atoms with Gasteiger partial charge in [0.15, 0.2) is 5.84 Å². The van der Waals surface area contributed by atoms with Crippen molar-refractivity contribution in [2.24, 2.45) is 4.40 Å². The van der Waals surface area contributed by atoms with E-state index in [0.717, 1.165) is 19.3 Å². The number of allylic oxidation sites excluding steroid dienone is 1. The fraction of sp³-hybridized carbons (Fsp3) is 0.273. The predicted octanol–water partition coefficient (Wildman–Crippen LogP) is 3.87. The lowest BCUT2D eigenvalue weighted by Crippen LogP contribution is -2.24. The second-order valence-electron chi connectivity index (χ2n) is 7.23. The summed E-state index contributed by atoms with van der Waals surface area (Å²) in [6.45, 7) is 0.635. The Kier molecular flexibility index (Phi) is 5.49. The zero-order valence-electron chi connectivity index (χ0n) is 16.0. The Labute approximate surface area is 170 Å². The molecule has 2 N–H and O–H groups in total. The molecule has 29 heavy (non-hydrogen) atoms. The number of sulfonamides is 1. The Morgan fingerprint density at radius 2 is 1.83 bits per heavy atom. The van der Waals surface area contributed by atoms with E-state index in [9.17, 15) is 13.2 Å². The van der Waals surface area contributed by atoms with Gasteiger partial charge >= 0.3 is 0 Å². The van der Waals surface area contributed by atoms with Crippen molar-refractivity contribution in [3.05, 3.63) is 71.3 Å². The molecule has 1 heterocycles. The first-order chi connectivity index (χ1) is 14.0. The molecule has 0 aromatic heterocycles. The van der Waals surface area contributed by atoms with E-state index in [4.69, 9.17) is 0 Å². The van der Waals surface area contributed by atoms with Gasteiger partial charge in [-0.2, -0.15) is 8.42 Å². The number of amidine groups is 1. The number of fused-ring (bicyclic) bond motifs is 1. The minimum atomic E-state index is -3.66. The summed E-state index contributed by atoms with van der Waals surface area (Å²) >= 11 is 0. The number of nitrogens with zero attached hydrogens (tertiary/aromatic N) is 1. The molecule has 0 radical (unpaired) electrons. The maximum atomic E-state index is 12.3. The van der Waals surface area contributed by atoms with Gasteiger partial charge in [0.2, 0.25) is 0 Å². The molecule has 1 aliphatic heterocycles. The van der Waals surface area contributed by atoms with Crippen molar-refractivity contribution in [1.29, 1.82) is 0 Å². The van der Waals surface area contributed by atoms with Crippen LogP contribution in [0, 0.1) is 0 Å². The number of nitrogens with one attached hydrogen (secondary N) is 2. The van der Waals surface area contributed by atoms with Crippen LogP contribution in [0.1, 0.15) is 48.0 Å². The van der Waals surface area contributed by atoms with Gasteiger partial charge in [0.1, 0.15) is 4.90 Å². The monoisotopic (exact) mass is 409 g/mol. The molecule has 2 aromatic rings. The van der Waals surface area contributed by atoms with Crippen LogP contribution >= 0.6 is 0 Å². The fourth-order valence-electron chi connectivity index (χ4n) is 3.61. The number of benzene rings is 2. The normalized spacial score (nSPS) is 17.1. The van der Waals surface area contributed by atoms with E-state index < -0.39 is 10.0 Å². The summed E-state index contributed by atoms with van der Waals surface area (Å²) < 4.78 is 28.1. The summed E-state index contributed by atoms with van der Waals surface area (Å²) in [5, 5.41) is 6.00. The van der Waals surface area contributed by atoms with Gasteiger partial charge in [-0.25, -0.2) is 0 Å². The summed E-state index contributed by atoms with van der Waals surface area (Å²) in [6, 6.07) is 13.6. The quantitative estimate of drug-likeness (QED) is 0.734. The Balaban J connectivity index is 1.37. The summed E-state index contributed by atoms with van der Waals surface area (Å²) in [7, 11) is -3.66. The van der Waals surface area contributed by atoms with Crippen molar-refractivity contribution in [3.63, 3.8) is 0 Å². The molecular weight excluding hydrogens is 386 g/mol. The molecule has 1 amide bonds. The number of hydrogen-bond acceptors (Lipinski definition) is 4. The van der Waals surface area contributed by atoms with Crippen LogP contribution < -0.4 is 10.6 Å². The van der Waals surface area contributed by atoms with Crippen LogP contribution in [0.2, 0.25) is 0 Å². The van der Waals surface area contributed by atoms with Crippen molar-refractivity contribution in [3.8, 4) is 0 Å². The number of anilines is 1. The minimum absolute atomic E-state index is 0.112. The lowest BCUT2D eigenvalue weighted by atomic mass is 9.97. The highest BCUT2D eigenvalue weighted by atomic mass is 32.2. The lowest BCUT2D eigenvalue weighted by molar-refractivity contribution is 0.0954. The van der Waals surface area contributed by atoms with Crippen LogP contribution in [0.15, 0.2) is 69.5 Å². The van der Waals surface area contributed by atoms with Crippen molar-refractivity contribution in [2.45, 2.75) is 37.0 Å². The molecule has 0 saturated heterocycles. The van der Waals surface area contributed by atoms with Gasteiger partial charge in [-0.3, -0.25) is 4.79 Å². The third kappa shape index (κ3) is 4.40. The summed E-state index contributed by atoms with van der Waals surface area (Å²) in [5.74, 6) is 0.178. The predicted molar refractivity (Wildman–Crippen MR) is 114 cm³/mol. The van der Waals surface area contributed by atoms with E-state index in [1.54, 1.807) is 48.5 Å². The first-order valence-electron chi connectivity index (χ1n) is 9.80. The van der Waals surface area contributed by atoms with Crippen molar-refractivity contribution < 1.29 is 13.2 Å². The standard InChI is InChI=1S/C22H23N3O3S/c26-22(23-15-14-16-6-2-1-3-7-16)17-10-12-18(13-11-17)24-21-19-8-4-5-9-20(19)29(27,28)25-21/h4-6,8-13H,1-3,7,14-15H2,(H,23,26)(H,24,25). The molecule has 1 aliphatic carbocycles. The second kappa shape index (κ2) is 8.21. The number of rotatable bonds is 5. The molecule has 2 aliphatic rings. The summed E-state index contributed by atoms with van der Waals surface area (Å²) in [5.41, 5.74) is 3.21. The third-order valence-corrected chi connectivity index (χ3v) is 6.49. The Bertz CT molecular complexity index is 1090. The Morgan fingerprint density at radius 3 is 2.59 bits per heavy atom. The molecule has 0 saturated carbocycles. The fourth-order valence-corrected chi connectivity index (χ4v) is 4.78. The van der Waals surface area contributed by atoms with E-state index in [-0.39, 0.29) is 10.8 Å². The molecule has 0 unspecified atom stereocenters. The Morgan fingerprint density at radius 1 is 1.03 bits per heavy atom. The van der Waals surface area contributed by atoms with Gasteiger partial charge in [0, 0.05) is 23.4 Å². The first-order valence-corrected chi connectivity index (χ1v) is 11.2. The average Bonchev–Trinajstić information content (AvgIpc) is 2.99. The highest BCUT2D eigenvalue weighted by molar-refractivity contribution is 7.90. The molecule has 0 atom stereocenters. The minimum Gasteiger partial charge on any atom is -0.352 e. The molecule has 2 aromatic carbocycles. The molecule has 0 fully saturated rings. The molecular formula is C22H23N3O3S. The van der Waals surface area contributed by atoms with Crippen LogP contribution in [-0.2, 0) is 10.0 Å². The zero-order chi connectivity index (χ0) is 20.3. The smallest absolute Gasteiger partial charge is 0.285 e. The van der Waals surface area contributed by atoms with Crippen LogP contribution in [0.4, 0.5) is 5.69 Å². The van der Waals surface area contributed by atoms with E-state index >= 15 is 0 Å². The van der Waals surface area contributed by atoms with E-state index in [2.05, 4.69) is 21.1 Å². The highest BCUT2D eigenvalue weighted by Gasteiger charge is 2.28. The van der Waals surface area contributed by atoms with Gasteiger partial charge < -0.3 is 10.6 Å². The second-order valence-corrected chi connectivity index (χ2v) is 8.80. The number of amides is 1. The first kappa shape index (κ1) is 19.4. The van der Waals surface area contributed by atoms with Crippen LogP contribution in [0.3, 0.4) is 0 Å². The molecule has 0 spiro atoms. The van der Waals surface area contributed by atoms with Crippen molar-refractivity contribution in [2.75, 3.05) is 11.9 Å². The largest absolute Gasteiger partial charge is 0.352 e. The summed E-state index contributed by atoms with van der Waals surface area (Å²) in [6.07, 6.45) is 7.98. The lowest BCUT2D eigenvalue weighted by Gasteiger charge is -2.13. The van der Waals surface area contributed by atoms with Gasteiger partial charge in [-0.1, -0.05) is 23.8 Å². The SMILES string of the molecule is O=C(NCCC1=CCCCC1)c1ccc(NC2=NS(=O)(=O)c3ccccc32)cc1. The van der Waals surface area contributed by atoms with Gasteiger partial charge in [-0.15, -0.1) is 4.40 Å². The van der Waals surface area contributed by atoms with Crippen LogP contribution in [0.5, 0.6) is 0 Å². The molecule has 0 bridgehead atoms. The van der Waals surface area contributed by atoms with Crippen LogP contribution in [0.25, 0.3) is 0 Å². The van der Waals surface area contributed by atoms with E-state index in [1.807, 2.05) is 0 Å². The summed E-state index contributed by atoms with van der Waals surface area (Å²) in [4.78, 5) is 12.5. The number of carbonyl (C=O) groups excluding carboxylic acids is 1. The maximum absolute atomic E-state index is 12.3. The van der Waals surface area contributed by atoms with Crippen molar-refractivity contribution in [1.82, 2.24) is 5.32 Å². The van der Waals surface area contributed by atoms with Gasteiger partial charge in [0.05, 0.1) is 0 Å². The van der Waals surface area contributed by atoms with Crippen LogP contribution in [-0.4, -0.2) is 26.7 Å². The topological polar surface area (TPSA) is 87.6 Å². The molecule has 4 rings (SSSR count). The van der Waals surface area contributed by atoms with E-state index in [1.165, 1.54) is 18.4 Å². The van der Waals surface area contributed by atoms with Crippen molar-refractivity contribution >= 4 is 27.5 Å². The van der Waals surface area contributed by atoms with Gasteiger partial charge in [0.25, 0.3) is 15.9 Å². The third-order valence-electron chi connectivity index (χ3n) is 5.16. The number of hydrogen-bond donors (Lipinski definition) is 2. The maximum Gasteiger partial charge on any atom is 0.285 e. The zero-order valence-corrected chi connectivity index (χ0v) is 16.8. The molecule has 7 heteroatoms. The molecule has 150 valence electrons. The van der Waals surface area contributed by atoms with E-state index in [0.29, 0.717) is 29.2 Å². The molecule has 6 nitrogen and oxygen atoms in total.